The average molecular weight is 481 g/mol. The van der Waals surface area contributed by atoms with Crippen molar-refractivity contribution in [2.75, 3.05) is 12.5 Å². The monoisotopic (exact) mass is 480 g/mol. The molecule has 33 heavy (non-hydrogen) atoms. The lowest BCUT2D eigenvalue weighted by Gasteiger charge is -2.65. The molecule has 2 N–H and O–H groups in total. The zero-order valence-corrected chi connectivity index (χ0v) is 19.8. The minimum atomic E-state index is -1.26. The van der Waals surface area contributed by atoms with Gasteiger partial charge in [-0.05, 0) is 74.7 Å². The molecule has 7 nitrogen and oxygen atoms in total. The Morgan fingerprint density at radius 3 is 2.61 bits per heavy atom. The van der Waals surface area contributed by atoms with Gasteiger partial charge in [-0.3, -0.25) is 4.79 Å². The summed E-state index contributed by atoms with van der Waals surface area (Å²) in [6, 6.07) is 0. The van der Waals surface area contributed by atoms with Crippen molar-refractivity contribution in [3.05, 3.63) is 11.6 Å². The van der Waals surface area contributed by atoms with Crippen LogP contribution in [0.4, 0.5) is 0 Å². The highest BCUT2D eigenvalue weighted by atomic mass is 35.5. The van der Waals surface area contributed by atoms with E-state index in [1.807, 2.05) is 0 Å². The van der Waals surface area contributed by atoms with E-state index in [0.717, 1.165) is 31.1 Å². The molecule has 0 aromatic rings. The van der Waals surface area contributed by atoms with Crippen molar-refractivity contribution in [3.63, 3.8) is 0 Å². The number of hydrogen-bond acceptors (Lipinski definition) is 7. The molecule has 5 rings (SSSR count). The van der Waals surface area contributed by atoms with Crippen LogP contribution in [0.1, 0.15) is 64.7 Å². The third kappa shape index (κ3) is 3.11. The zero-order chi connectivity index (χ0) is 23.6. The van der Waals surface area contributed by atoms with Gasteiger partial charge in [0, 0.05) is 17.9 Å². The van der Waals surface area contributed by atoms with Crippen LogP contribution in [-0.4, -0.2) is 58.2 Å². The standard InChI is InChI=1S/C25H33ClO7/c1-22-6-3-18-19(25(22,31)9-5-17(22)15-10-20(28)32-13-15)4-8-24(30)11-16(33-21(29)12-26)2-7-23(18,24)14-27/h10,14,16-19,30-31H,2-9,11-13H2,1H3/t16-,17+,18-,19+,22+,23+,24-,25+/m1/s1. The highest BCUT2D eigenvalue weighted by molar-refractivity contribution is 6.26. The number of hydrogen-bond donors (Lipinski definition) is 2. The Labute approximate surface area is 198 Å². The minimum Gasteiger partial charge on any atom is -0.461 e. The molecule has 4 saturated carbocycles. The molecule has 0 saturated heterocycles. The summed E-state index contributed by atoms with van der Waals surface area (Å²) in [4.78, 5) is 36.1. The predicted molar refractivity (Wildman–Crippen MR) is 118 cm³/mol. The fourth-order valence-corrected chi connectivity index (χ4v) is 8.70. The molecule has 4 fully saturated rings. The quantitative estimate of drug-likeness (QED) is 0.361. The van der Waals surface area contributed by atoms with Gasteiger partial charge < -0.3 is 24.5 Å². The topological polar surface area (TPSA) is 110 Å². The molecular formula is C25H33ClO7. The maximum absolute atomic E-state index is 12.7. The summed E-state index contributed by atoms with van der Waals surface area (Å²) in [5.74, 6) is -1.22. The van der Waals surface area contributed by atoms with E-state index in [2.05, 4.69) is 6.92 Å². The first-order valence-corrected chi connectivity index (χ1v) is 12.7. The molecule has 5 aliphatic rings. The second-order valence-corrected chi connectivity index (χ2v) is 11.5. The summed E-state index contributed by atoms with van der Waals surface area (Å²) in [6.07, 6.45) is 7.07. The summed E-state index contributed by atoms with van der Waals surface area (Å²) in [6.45, 7) is 2.42. The van der Waals surface area contributed by atoms with Crippen LogP contribution in [0.3, 0.4) is 0 Å². The van der Waals surface area contributed by atoms with Gasteiger partial charge in [0.25, 0.3) is 0 Å². The lowest BCUT2D eigenvalue weighted by atomic mass is 9.41. The van der Waals surface area contributed by atoms with E-state index in [0.29, 0.717) is 38.7 Å². The minimum absolute atomic E-state index is 0.0774. The Morgan fingerprint density at radius 1 is 1.18 bits per heavy atom. The van der Waals surface area contributed by atoms with Crippen molar-refractivity contribution in [2.24, 2.45) is 28.6 Å². The first-order valence-electron chi connectivity index (χ1n) is 12.2. The van der Waals surface area contributed by atoms with E-state index in [9.17, 15) is 24.6 Å². The molecule has 8 heteroatoms. The van der Waals surface area contributed by atoms with Crippen molar-refractivity contribution in [1.82, 2.24) is 0 Å². The van der Waals surface area contributed by atoms with Crippen molar-refractivity contribution < 1.29 is 34.1 Å². The molecule has 0 aromatic carbocycles. The van der Waals surface area contributed by atoms with Crippen molar-refractivity contribution in [1.29, 1.82) is 0 Å². The second-order valence-electron chi connectivity index (χ2n) is 11.2. The molecule has 0 amide bonds. The Balaban J connectivity index is 1.44. The molecule has 182 valence electrons. The molecule has 8 atom stereocenters. The van der Waals surface area contributed by atoms with Gasteiger partial charge >= 0.3 is 11.9 Å². The highest BCUT2D eigenvalue weighted by Gasteiger charge is 2.71. The van der Waals surface area contributed by atoms with Crippen LogP contribution in [0.25, 0.3) is 0 Å². The Kier molecular flexibility index (Phi) is 5.50. The lowest BCUT2D eigenvalue weighted by molar-refractivity contribution is -0.249. The van der Waals surface area contributed by atoms with E-state index in [1.165, 1.54) is 0 Å². The number of fused-ring (bicyclic) bond motifs is 5. The molecule has 0 unspecified atom stereocenters. The number of aliphatic hydroxyl groups is 2. The highest BCUT2D eigenvalue weighted by Crippen LogP contribution is 2.70. The summed E-state index contributed by atoms with van der Waals surface area (Å²) in [7, 11) is 0. The van der Waals surface area contributed by atoms with Gasteiger partial charge in [-0.2, -0.15) is 0 Å². The average Bonchev–Trinajstić information content (AvgIpc) is 3.33. The van der Waals surface area contributed by atoms with Crippen molar-refractivity contribution >= 4 is 29.8 Å². The number of ether oxygens (including phenoxy) is 2. The first kappa shape index (κ1) is 23.3. The molecular weight excluding hydrogens is 448 g/mol. The number of aldehydes is 1. The van der Waals surface area contributed by atoms with E-state index >= 15 is 0 Å². The zero-order valence-electron chi connectivity index (χ0n) is 19.1. The van der Waals surface area contributed by atoms with E-state index in [1.54, 1.807) is 6.08 Å². The van der Waals surface area contributed by atoms with Crippen molar-refractivity contribution in [2.45, 2.75) is 82.0 Å². The Morgan fingerprint density at radius 2 is 1.94 bits per heavy atom. The van der Waals surface area contributed by atoms with E-state index in [-0.39, 0.29) is 36.0 Å². The number of carbonyl (C=O) groups is 3. The van der Waals surface area contributed by atoms with Crippen LogP contribution < -0.4 is 0 Å². The smallest absolute Gasteiger partial charge is 0.331 e. The number of cyclic esters (lactones) is 1. The lowest BCUT2D eigenvalue weighted by Crippen LogP contribution is -2.69. The van der Waals surface area contributed by atoms with Gasteiger partial charge in [0.05, 0.1) is 16.6 Å². The molecule has 0 bridgehead atoms. The predicted octanol–water partition coefficient (Wildman–Crippen LogP) is 2.69. The normalized spacial score (nSPS) is 48.7. The SMILES string of the molecule is C[C@@]12CC[C@@H]3[C@H](CC[C@@]4(O)C[C@H](OC(=O)CCl)CC[C@]34C=O)[C@@]1(O)CC[C@H]2C1=CC(=O)OC1. The molecule has 0 aromatic heterocycles. The van der Waals surface area contributed by atoms with Gasteiger partial charge in [0.2, 0.25) is 0 Å². The van der Waals surface area contributed by atoms with E-state index < -0.39 is 34.1 Å². The van der Waals surface area contributed by atoms with Gasteiger partial charge in [-0.15, -0.1) is 11.6 Å². The van der Waals surface area contributed by atoms with Gasteiger partial charge in [0.15, 0.2) is 0 Å². The number of alkyl halides is 1. The molecule has 1 aliphatic heterocycles. The van der Waals surface area contributed by atoms with Crippen LogP contribution in [-0.2, 0) is 23.9 Å². The maximum atomic E-state index is 12.7. The molecule has 0 spiro atoms. The molecule has 4 aliphatic carbocycles. The fourth-order valence-electron chi connectivity index (χ4n) is 8.64. The van der Waals surface area contributed by atoms with Crippen molar-refractivity contribution in [3.8, 4) is 0 Å². The fraction of sp³-hybridized carbons (Fsp3) is 0.800. The van der Waals surface area contributed by atoms with E-state index in [4.69, 9.17) is 21.1 Å². The van der Waals surface area contributed by atoms with Crippen LogP contribution in [0.2, 0.25) is 0 Å². The summed E-state index contributed by atoms with van der Waals surface area (Å²) in [5.41, 5.74) is -2.62. The number of halogens is 1. The number of carbonyl (C=O) groups excluding carboxylic acids is 3. The summed E-state index contributed by atoms with van der Waals surface area (Å²) < 4.78 is 10.6. The molecule has 1 heterocycles. The van der Waals surface area contributed by atoms with Crippen LogP contribution in [0, 0.1) is 28.6 Å². The Bertz CT molecular complexity index is 903. The molecule has 0 radical (unpaired) electrons. The summed E-state index contributed by atoms with van der Waals surface area (Å²) >= 11 is 5.58. The second kappa shape index (κ2) is 7.79. The Hall–Kier alpha value is -1.44. The number of rotatable bonds is 4. The van der Waals surface area contributed by atoms with Gasteiger partial charge in [0.1, 0.15) is 24.9 Å². The van der Waals surface area contributed by atoms with Crippen LogP contribution >= 0.6 is 11.6 Å². The first-order chi connectivity index (χ1) is 15.6. The van der Waals surface area contributed by atoms with Gasteiger partial charge in [-0.25, -0.2) is 4.79 Å². The number of esters is 2. The third-order valence-electron chi connectivity index (χ3n) is 10.2. The third-order valence-corrected chi connectivity index (χ3v) is 10.5. The largest absolute Gasteiger partial charge is 0.461 e. The maximum Gasteiger partial charge on any atom is 0.331 e. The van der Waals surface area contributed by atoms with Crippen LogP contribution in [0.5, 0.6) is 0 Å². The van der Waals surface area contributed by atoms with Crippen LogP contribution in [0.15, 0.2) is 11.6 Å². The van der Waals surface area contributed by atoms with Gasteiger partial charge in [-0.1, -0.05) is 6.92 Å². The summed E-state index contributed by atoms with van der Waals surface area (Å²) in [5, 5.41) is 24.0.